The molecule has 1 heterocycles. The number of furan rings is 1. The molecule has 0 aliphatic rings. The highest BCUT2D eigenvalue weighted by Gasteiger charge is 2.18. The fourth-order valence-electron chi connectivity index (χ4n) is 7.40. The van der Waals surface area contributed by atoms with E-state index in [0.717, 1.165) is 50.1 Å². The van der Waals surface area contributed by atoms with Gasteiger partial charge < -0.3 is 9.32 Å². The normalized spacial score (nSPS) is 12.8. The van der Waals surface area contributed by atoms with Crippen LogP contribution < -0.4 is 4.90 Å². The van der Waals surface area contributed by atoms with Crippen molar-refractivity contribution >= 4 is 60.5 Å². The number of nitrogens with zero attached hydrogens (tertiary/aromatic N) is 1. The number of anilines is 3. The van der Waals surface area contributed by atoms with Crippen molar-refractivity contribution < 1.29 is 11.3 Å². The molecular weight excluding hydrogens is 631 g/mol. The zero-order valence-electron chi connectivity index (χ0n) is 33.0. The van der Waals surface area contributed by atoms with Gasteiger partial charge in [-0.2, -0.15) is 0 Å². The minimum Gasteiger partial charge on any atom is -0.456 e. The van der Waals surface area contributed by atoms with Gasteiger partial charge >= 0.3 is 0 Å². The summed E-state index contributed by atoms with van der Waals surface area (Å²) in [7, 11) is 0. The molecule has 0 unspecified atom stereocenters. The van der Waals surface area contributed by atoms with Crippen LogP contribution in [-0.4, -0.2) is 0 Å². The van der Waals surface area contributed by atoms with E-state index in [4.69, 9.17) is 11.3 Å². The third-order valence-corrected chi connectivity index (χ3v) is 9.93. The van der Waals surface area contributed by atoms with Gasteiger partial charge in [0.05, 0.1) is 18.2 Å². The Hall–Kier alpha value is -6.90. The quantitative estimate of drug-likeness (QED) is 0.175. The SMILES string of the molecule is [2H]c1c([2H])c([2H])c(-c2ccc3c(c2)oc2cc(-c4ccc(-c5cccc(N(c6cccc7ccccc67)c6cccc7ccccc67)c5)cc4)ccc23)c([2H])c1[2H]. The molecule has 0 spiro atoms. The van der Waals surface area contributed by atoms with E-state index in [1.54, 1.807) is 12.1 Å². The van der Waals surface area contributed by atoms with Crippen molar-refractivity contribution in [2.75, 3.05) is 4.90 Å². The highest BCUT2D eigenvalue weighted by Crippen LogP contribution is 2.43. The van der Waals surface area contributed by atoms with Crippen LogP contribution >= 0.6 is 0 Å². The Morgan fingerprint density at radius 1 is 0.365 bits per heavy atom. The molecule has 9 aromatic carbocycles. The van der Waals surface area contributed by atoms with E-state index in [-0.39, 0.29) is 29.7 Å². The van der Waals surface area contributed by atoms with Gasteiger partial charge in [-0.05, 0) is 92.7 Å². The molecular formula is C50H33NO. The molecule has 52 heavy (non-hydrogen) atoms. The second-order valence-corrected chi connectivity index (χ2v) is 13.0. The first-order valence-corrected chi connectivity index (χ1v) is 17.3. The Labute approximate surface area is 309 Å². The van der Waals surface area contributed by atoms with E-state index in [0.29, 0.717) is 16.7 Å². The van der Waals surface area contributed by atoms with Crippen LogP contribution in [0, 0.1) is 0 Å². The number of fused-ring (bicyclic) bond motifs is 5. The summed E-state index contributed by atoms with van der Waals surface area (Å²) in [4.78, 5) is 2.37. The molecule has 1 aromatic heterocycles. The molecule has 0 radical (unpaired) electrons. The maximum Gasteiger partial charge on any atom is 0.136 e. The molecule has 2 heteroatoms. The van der Waals surface area contributed by atoms with Gasteiger partial charge in [-0.3, -0.25) is 0 Å². The summed E-state index contributed by atoms with van der Waals surface area (Å²) in [5, 5.41) is 6.56. The van der Waals surface area contributed by atoms with Crippen molar-refractivity contribution in [1.82, 2.24) is 0 Å². The highest BCUT2D eigenvalue weighted by atomic mass is 16.3. The molecule has 0 aliphatic heterocycles. The number of hydrogen-bond acceptors (Lipinski definition) is 2. The van der Waals surface area contributed by atoms with Crippen molar-refractivity contribution in [3.8, 4) is 33.4 Å². The van der Waals surface area contributed by atoms with E-state index in [1.165, 1.54) is 21.5 Å². The smallest absolute Gasteiger partial charge is 0.136 e. The Kier molecular flexibility index (Phi) is 6.01. The minimum atomic E-state index is -0.409. The average molecular weight is 669 g/mol. The largest absolute Gasteiger partial charge is 0.456 e. The molecule has 0 bridgehead atoms. The predicted octanol–water partition coefficient (Wildman–Crippen LogP) is 14.4. The van der Waals surface area contributed by atoms with Crippen LogP contribution in [0.1, 0.15) is 6.85 Å². The maximum absolute atomic E-state index is 8.43. The Balaban J connectivity index is 1.01. The summed E-state index contributed by atoms with van der Waals surface area (Å²) in [6.45, 7) is 0. The zero-order valence-corrected chi connectivity index (χ0v) is 28.0. The van der Waals surface area contributed by atoms with Crippen LogP contribution in [0.2, 0.25) is 0 Å². The van der Waals surface area contributed by atoms with Gasteiger partial charge in [0.15, 0.2) is 0 Å². The summed E-state index contributed by atoms with van der Waals surface area (Å²) in [6.07, 6.45) is 0. The molecule has 0 saturated heterocycles. The van der Waals surface area contributed by atoms with Crippen LogP contribution in [0.4, 0.5) is 17.1 Å². The lowest BCUT2D eigenvalue weighted by molar-refractivity contribution is 0.669. The lowest BCUT2D eigenvalue weighted by atomic mass is 9.98. The molecule has 0 N–H and O–H groups in total. The lowest BCUT2D eigenvalue weighted by Gasteiger charge is -2.28. The lowest BCUT2D eigenvalue weighted by Crippen LogP contribution is -2.11. The van der Waals surface area contributed by atoms with Crippen LogP contribution in [0.5, 0.6) is 0 Å². The van der Waals surface area contributed by atoms with Crippen molar-refractivity contribution in [2.24, 2.45) is 0 Å². The van der Waals surface area contributed by atoms with E-state index >= 15 is 0 Å². The number of hydrogen-bond donors (Lipinski definition) is 0. The highest BCUT2D eigenvalue weighted by molar-refractivity contribution is 6.07. The van der Waals surface area contributed by atoms with Gasteiger partial charge in [-0.15, -0.1) is 0 Å². The molecule has 10 aromatic rings. The van der Waals surface area contributed by atoms with Crippen LogP contribution in [0.15, 0.2) is 204 Å². The van der Waals surface area contributed by atoms with Gasteiger partial charge in [-0.1, -0.05) is 152 Å². The van der Waals surface area contributed by atoms with Gasteiger partial charge in [0.1, 0.15) is 11.2 Å². The van der Waals surface area contributed by atoms with Crippen molar-refractivity contribution in [2.45, 2.75) is 0 Å². The summed E-state index contributed by atoms with van der Waals surface area (Å²) in [5.41, 5.74) is 9.51. The molecule has 0 amide bonds. The van der Waals surface area contributed by atoms with Crippen molar-refractivity contribution in [3.05, 3.63) is 200 Å². The first kappa shape index (κ1) is 25.1. The average Bonchev–Trinajstić information content (AvgIpc) is 3.63. The standard InChI is InChI=1S/C50H33NO/c1-2-11-34(12-3-1)40-27-29-45-46-30-28-41(33-50(46)52-49(45)32-40)36-25-23-35(24-26-36)39-17-8-18-42(31-39)51(47-21-9-15-37-13-4-6-19-43(37)47)48-22-10-16-38-14-5-7-20-44(38)48/h1-33H/i1D,2D,3D,11D,12D. The predicted molar refractivity (Wildman–Crippen MR) is 220 cm³/mol. The number of benzene rings is 9. The van der Waals surface area contributed by atoms with Crippen molar-refractivity contribution in [1.29, 1.82) is 0 Å². The second kappa shape index (κ2) is 12.5. The monoisotopic (exact) mass is 668 g/mol. The summed E-state index contributed by atoms with van der Waals surface area (Å²) in [5.74, 6) is 0. The minimum absolute atomic E-state index is 0.157. The molecule has 0 saturated carbocycles. The molecule has 10 rings (SSSR count). The maximum atomic E-state index is 8.43. The number of rotatable bonds is 6. The van der Waals surface area contributed by atoms with E-state index in [9.17, 15) is 0 Å². The summed E-state index contributed by atoms with van der Waals surface area (Å²) >= 11 is 0. The third-order valence-electron chi connectivity index (χ3n) is 9.93. The fourth-order valence-corrected chi connectivity index (χ4v) is 7.40. The van der Waals surface area contributed by atoms with Crippen LogP contribution in [-0.2, 0) is 0 Å². The van der Waals surface area contributed by atoms with Gasteiger partial charge in [0, 0.05) is 27.2 Å². The van der Waals surface area contributed by atoms with Gasteiger partial charge in [0.25, 0.3) is 0 Å². The van der Waals surface area contributed by atoms with Crippen LogP contribution in [0.25, 0.3) is 76.9 Å². The van der Waals surface area contributed by atoms with Crippen molar-refractivity contribution in [3.63, 3.8) is 0 Å². The topological polar surface area (TPSA) is 16.4 Å². The zero-order chi connectivity index (χ0) is 38.8. The summed E-state index contributed by atoms with van der Waals surface area (Å²) in [6, 6.07) is 57.3. The fraction of sp³-hybridized carbons (Fsp3) is 0. The third kappa shape index (κ3) is 5.21. The molecule has 0 aliphatic carbocycles. The molecule has 2 nitrogen and oxygen atoms in total. The Bertz CT molecular complexity index is 3090. The molecule has 0 atom stereocenters. The molecule has 0 fully saturated rings. The first-order chi connectivity index (χ1) is 27.8. The molecule has 244 valence electrons. The van der Waals surface area contributed by atoms with Gasteiger partial charge in [-0.25, -0.2) is 0 Å². The van der Waals surface area contributed by atoms with E-state index in [2.05, 4.69) is 144 Å². The van der Waals surface area contributed by atoms with E-state index in [1.807, 2.05) is 18.2 Å². The van der Waals surface area contributed by atoms with Gasteiger partial charge in [0.2, 0.25) is 0 Å². The first-order valence-electron chi connectivity index (χ1n) is 19.8. The van der Waals surface area contributed by atoms with Crippen LogP contribution in [0.3, 0.4) is 0 Å². The summed E-state index contributed by atoms with van der Waals surface area (Å²) < 4.78 is 47.4. The Morgan fingerprint density at radius 3 is 1.44 bits per heavy atom. The Morgan fingerprint density at radius 2 is 0.846 bits per heavy atom. The van der Waals surface area contributed by atoms with E-state index < -0.39 is 6.04 Å². The second-order valence-electron chi connectivity index (χ2n) is 13.0.